The van der Waals surface area contributed by atoms with Gasteiger partial charge in [0.1, 0.15) is 5.82 Å². The maximum Gasteiger partial charge on any atom is 0.175 e. The Morgan fingerprint density at radius 2 is 1.60 bits per heavy atom. The smallest absolute Gasteiger partial charge is 0.175 e. The van der Waals surface area contributed by atoms with Crippen molar-refractivity contribution in [2.45, 2.75) is 13.8 Å². The minimum absolute atomic E-state index is 0.236. The van der Waals surface area contributed by atoms with Crippen molar-refractivity contribution in [1.29, 1.82) is 0 Å². The summed E-state index contributed by atoms with van der Waals surface area (Å²) in [5.41, 5.74) is 3.11. The topological polar surface area (TPSA) is 24.1 Å². The number of aryl methyl sites for hydroxylation is 2. The van der Waals surface area contributed by atoms with Crippen molar-refractivity contribution in [3.8, 4) is 0 Å². The predicted molar refractivity (Wildman–Crippen MR) is 87.2 cm³/mol. The average Bonchev–Trinajstić information content (AvgIpc) is 2.38. The molecule has 2 N–H and O–H groups in total. The standard InChI is InChI=1S/C15H14ClFN2S/c1-9-3-4-12(8-13(9)16)19-15(20)18-11-5-6-14(17)10(2)7-11/h3-8H,1-2H3,(H2,18,19,20). The lowest BCUT2D eigenvalue weighted by Crippen LogP contribution is -2.19. The molecule has 0 saturated heterocycles. The van der Waals surface area contributed by atoms with Crippen LogP contribution in [-0.4, -0.2) is 5.11 Å². The number of rotatable bonds is 2. The van der Waals surface area contributed by atoms with Crippen LogP contribution in [0, 0.1) is 19.7 Å². The first-order chi connectivity index (χ1) is 9.45. The fraction of sp³-hybridized carbons (Fsp3) is 0.133. The minimum atomic E-state index is -0.236. The fourth-order valence-electron chi connectivity index (χ4n) is 1.69. The van der Waals surface area contributed by atoms with E-state index in [0.717, 1.165) is 16.9 Å². The second-order valence-corrected chi connectivity index (χ2v) is 5.32. The Balaban J connectivity index is 2.04. The molecule has 0 aliphatic carbocycles. The van der Waals surface area contributed by atoms with Crippen LogP contribution in [0.3, 0.4) is 0 Å². The van der Waals surface area contributed by atoms with Crippen LogP contribution in [0.2, 0.25) is 5.02 Å². The molecule has 0 saturated carbocycles. The van der Waals surface area contributed by atoms with Crippen LogP contribution in [0.1, 0.15) is 11.1 Å². The Bertz CT molecular complexity index is 603. The summed E-state index contributed by atoms with van der Waals surface area (Å²) in [5, 5.41) is 7.14. The molecule has 0 unspecified atom stereocenters. The van der Waals surface area contributed by atoms with Crippen molar-refractivity contribution in [2.75, 3.05) is 10.6 Å². The molecule has 0 spiro atoms. The van der Waals surface area contributed by atoms with Gasteiger partial charge in [-0.25, -0.2) is 4.39 Å². The zero-order chi connectivity index (χ0) is 14.7. The molecule has 0 aromatic heterocycles. The van der Waals surface area contributed by atoms with E-state index >= 15 is 0 Å². The number of halogens is 2. The van der Waals surface area contributed by atoms with Crippen molar-refractivity contribution in [2.24, 2.45) is 0 Å². The second kappa shape index (κ2) is 6.20. The quantitative estimate of drug-likeness (QED) is 0.771. The highest BCUT2D eigenvalue weighted by Crippen LogP contribution is 2.20. The predicted octanol–water partition coefficient (Wildman–Crippen LogP) is 4.90. The van der Waals surface area contributed by atoms with Crippen LogP contribution in [0.5, 0.6) is 0 Å². The van der Waals surface area contributed by atoms with Gasteiger partial charge in [0.15, 0.2) is 5.11 Å². The Morgan fingerprint density at radius 3 is 2.20 bits per heavy atom. The van der Waals surface area contributed by atoms with E-state index < -0.39 is 0 Å². The van der Waals surface area contributed by atoms with Crippen LogP contribution >= 0.6 is 23.8 Å². The molecule has 2 nitrogen and oxygen atoms in total. The Kier molecular flexibility index (Phi) is 4.57. The molecule has 0 amide bonds. The van der Waals surface area contributed by atoms with Crippen LogP contribution < -0.4 is 10.6 Å². The Labute approximate surface area is 128 Å². The molecular weight excluding hydrogens is 295 g/mol. The molecule has 0 bridgehead atoms. The van der Waals surface area contributed by atoms with E-state index in [9.17, 15) is 4.39 Å². The zero-order valence-corrected chi connectivity index (χ0v) is 12.7. The van der Waals surface area contributed by atoms with Crippen LogP contribution in [0.25, 0.3) is 0 Å². The van der Waals surface area contributed by atoms with Crippen molar-refractivity contribution >= 4 is 40.3 Å². The zero-order valence-electron chi connectivity index (χ0n) is 11.1. The van der Waals surface area contributed by atoms with Gasteiger partial charge in [-0.2, -0.15) is 0 Å². The fourth-order valence-corrected chi connectivity index (χ4v) is 2.10. The van der Waals surface area contributed by atoms with E-state index in [2.05, 4.69) is 10.6 Å². The Morgan fingerprint density at radius 1 is 1.00 bits per heavy atom. The summed E-state index contributed by atoms with van der Waals surface area (Å²) in [6, 6.07) is 10.4. The third-order valence-corrected chi connectivity index (χ3v) is 3.46. The first-order valence-electron chi connectivity index (χ1n) is 6.06. The number of benzene rings is 2. The van der Waals surface area contributed by atoms with Gasteiger partial charge in [0.25, 0.3) is 0 Å². The van der Waals surface area contributed by atoms with Crippen molar-refractivity contribution in [1.82, 2.24) is 0 Å². The third-order valence-electron chi connectivity index (χ3n) is 2.85. The van der Waals surface area contributed by atoms with Gasteiger partial charge in [-0.3, -0.25) is 0 Å². The molecule has 0 radical (unpaired) electrons. The van der Waals surface area contributed by atoms with Gasteiger partial charge in [0.2, 0.25) is 0 Å². The summed E-state index contributed by atoms with van der Waals surface area (Å²) in [5.74, 6) is -0.236. The van der Waals surface area contributed by atoms with Gasteiger partial charge >= 0.3 is 0 Å². The van der Waals surface area contributed by atoms with Gasteiger partial charge in [-0.05, 0) is 67.5 Å². The summed E-state index contributed by atoms with van der Waals surface area (Å²) in [7, 11) is 0. The summed E-state index contributed by atoms with van der Waals surface area (Å²) in [6.07, 6.45) is 0. The molecule has 2 aromatic carbocycles. The summed E-state index contributed by atoms with van der Waals surface area (Å²) < 4.78 is 13.2. The van der Waals surface area contributed by atoms with E-state index in [-0.39, 0.29) is 5.82 Å². The Hall–Kier alpha value is -1.65. The van der Waals surface area contributed by atoms with E-state index in [4.69, 9.17) is 23.8 Å². The van der Waals surface area contributed by atoms with Crippen LogP contribution in [-0.2, 0) is 0 Å². The molecule has 0 aliphatic rings. The first-order valence-corrected chi connectivity index (χ1v) is 6.84. The summed E-state index contributed by atoms with van der Waals surface area (Å²) >= 11 is 11.3. The number of hydrogen-bond acceptors (Lipinski definition) is 1. The van der Waals surface area contributed by atoms with Gasteiger partial charge in [-0.15, -0.1) is 0 Å². The van der Waals surface area contributed by atoms with Gasteiger partial charge in [0.05, 0.1) is 0 Å². The monoisotopic (exact) mass is 308 g/mol. The first kappa shape index (κ1) is 14.8. The van der Waals surface area contributed by atoms with Crippen molar-refractivity contribution in [3.05, 3.63) is 58.4 Å². The van der Waals surface area contributed by atoms with E-state index in [1.165, 1.54) is 6.07 Å². The van der Waals surface area contributed by atoms with Crippen LogP contribution in [0.4, 0.5) is 15.8 Å². The number of hydrogen-bond donors (Lipinski definition) is 2. The highest BCUT2D eigenvalue weighted by atomic mass is 35.5. The third kappa shape index (κ3) is 3.68. The maximum absolute atomic E-state index is 13.2. The lowest BCUT2D eigenvalue weighted by Gasteiger charge is -2.12. The molecule has 20 heavy (non-hydrogen) atoms. The molecule has 2 rings (SSSR count). The lowest BCUT2D eigenvalue weighted by atomic mass is 10.2. The lowest BCUT2D eigenvalue weighted by molar-refractivity contribution is 0.619. The van der Waals surface area contributed by atoms with Gasteiger partial charge in [0, 0.05) is 16.4 Å². The molecule has 104 valence electrons. The number of thiocarbonyl (C=S) groups is 1. The summed E-state index contributed by atoms with van der Waals surface area (Å²) in [6.45, 7) is 3.64. The second-order valence-electron chi connectivity index (χ2n) is 4.51. The van der Waals surface area contributed by atoms with Crippen molar-refractivity contribution in [3.63, 3.8) is 0 Å². The highest BCUT2D eigenvalue weighted by Gasteiger charge is 2.03. The molecule has 0 aliphatic heterocycles. The van der Waals surface area contributed by atoms with E-state index in [1.807, 2.05) is 19.1 Å². The van der Waals surface area contributed by atoms with E-state index in [1.54, 1.807) is 25.1 Å². The number of nitrogens with one attached hydrogen (secondary N) is 2. The van der Waals surface area contributed by atoms with E-state index in [0.29, 0.717) is 15.7 Å². The van der Waals surface area contributed by atoms with Crippen LogP contribution in [0.15, 0.2) is 36.4 Å². The molecule has 0 atom stereocenters. The largest absolute Gasteiger partial charge is 0.332 e. The molecule has 0 fully saturated rings. The van der Waals surface area contributed by atoms with Crippen molar-refractivity contribution < 1.29 is 4.39 Å². The summed E-state index contributed by atoms with van der Waals surface area (Å²) in [4.78, 5) is 0. The SMILES string of the molecule is Cc1cc(NC(=S)Nc2ccc(C)c(Cl)c2)ccc1F. The normalized spacial score (nSPS) is 10.2. The molecule has 2 aromatic rings. The molecular formula is C15H14ClFN2S. The number of anilines is 2. The molecule has 0 heterocycles. The minimum Gasteiger partial charge on any atom is -0.332 e. The molecule has 5 heteroatoms. The van der Waals surface area contributed by atoms with Gasteiger partial charge in [-0.1, -0.05) is 17.7 Å². The maximum atomic E-state index is 13.2. The highest BCUT2D eigenvalue weighted by molar-refractivity contribution is 7.80. The van der Waals surface area contributed by atoms with Gasteiger partial charge < -0.3 is 10.6 Å². The average molecular weight is 309 g/mol.